The number of nitrogens with one attached hydrogen (secondary N) is 1. The van der Waals surface area contributed by atoms with Crippen molar-refractivity contribution in [2.75, 3.05) is 23.3 Å². The van der Waals surface area contributed by atoms with Crippen LogP contribution in [0.1, 0.15) is 28.3 Å². The summed E-state index contributed by atoms with van der Waals surface area (Å²) >= 11 is 0. The molecule has 0 bridgehead atoms. The second kappa shape index (κ2) is 7.76. The standard InChI is InChI=1S/C23H24N6O3/c1-13-6-15(7-14(2)25-13)23-27-19(12-32-23)22(31)26-18-9-20-16(10-24-28(20)3)8-21(18)29-5-4-17(30)11-29/h6-10,12,17,30H,4-5,11H2,1-3H3,(H,26,31)/t17-/m0/s1. The van der Waals surface area contributed by atoms with E-state index in [-0.39, 0.29) is 17.7 Å². The lowest BCUT2D eigenvalue weighted by Crippen LogP contribution is -2.23. The fourth-order valence-corrected chi connectivity index (χ4v) is 4.16. The van der Waals surface area contributed by atoms with Crippen molar-refractivity contribution in [2.45, 2.75) is 26.4 Å². The fraction of sp³-hybridized carbons (Fsp3) is 0.304. The van der Waals surface area contributed by atoms with Crippen LogP contribution in [0.3, 0.4) is 0 Å². The highest BCUT2D eigenvalue weighted by Gasteiger charge is 2.25. The van der Waals surface area contributed by atoms with Crippen LogP contribution in [-0.4, -0.2) is 50.0 Å². The van der Waals surface area contributed by atoms with Crippen LogP contribution in [0.5, 0.6) is 0 Å². The molecule has 1 amide bonds. The van der Waals surface area contributed by atoms with Gasteiger partial charge in [-0.25, -0.2) is 4.98 Å². The first-order valence-electron chi connectivity index (χ1n) is 10.5. The van der Waals surface area contributed by atoms with E-state index in [9.17, 15) is 9.90 Å². The van der Waals surface area contributed by atoms with Gasteiger partial charge in [0.15, 0.2) is 5.69 Å². The van der Waals surface area contributed by atoms with Gasteiger partial charge in [-0.1, -0.05) is 0 Å². The molecule has 0 aliphatic carbocycles. The highest BCUT2D eigenvalue weighted by Crippen LogP contribution is 2.34. The summed E-state index contributed by atoms with van der Waals surface area (Å²) in [5, 5.41) is 18.3. The Morgan fingerprint density at radius 2 is 1.97 bits per heavy atom. The quantitative estimate of drug-likeness (QED) is 0.510. The lowest BCUT2D eigenvalue weighted by Gasteiger charge is -2.22. The molecule has 0 spiro atoms. The van der Waals surface area contributed by atoms with Crippen molar-refractivity contribution in [3.63, 3.8) is 0 Å². The number of fused-ring (bicyclic) bond motifs is 1. The number of oxazole rings is 1. The summed E-state index contributed by atoms with van der Waals surface area (Å²) in [6, 6.07) is 7.63. The molecule has 3 aromatic heterocycles. The van der Waals surface area contributed by atoms with Gasteiger partial charge in [0.05, 0.1) is 29.2 Å². The fourth-order valence-electron chi connectivity index (χ4n) is 4.16. The van der Waals surface area contributed by atoms with Crippen LogP contribution in [0.15, 0.2) is 41.1 Å². The first-order valence-corrected chi connectivity index (χ1v) is 10.5. The third-order valence-corrected chi connectivity index (χ3v) is 5.68. The Labute approximate surface area is 184 Å². The molecule has 0 unspecified atom stereocenters. The van der Waals surface area contributed by atoms with E-state index < -0.39 is 0 Å². The van der Waals surface area contributed by atoms with Gasteiger partial charge in [-0.15, -0.1) is 0 Å². The Bertz CT molecular complexity index is 1300. The molecule has 9 nitrogen and oxygen atoms in total. The van der Waals surface area contributed by atoms with Gasteiger partial charge in [0, 0.05) is 42.5 Å². The van der Waals surface area contributed by atoms with E-state index in [1.54, 1.807) is 10.9 Å². The zero-order valence-corrected chi connectivity index (χ0v) is 18.2. The molecule has 4 aromatic rings. The monoisotopic (exact) mass is 432 g/mol. The molecule has 0 radical (unpaired) electrons. The SMILES string of the molecule is Cc1cc(-c2nc(C(=O)Nc3cc4c(cnn4C)cc3N3CC[C@H](O)C3)co2)cc(C)n1. The van der Waals surface area contributed by atoms with Gasteiger partial charge in [0.25, 0.3) is 5.91 Å². The number of hydrogen-bond donors (Lipinski definition) is 2. The van der Waals surface area contributed by atoms with E-state index in [1.807, 2.05) is 45.2 Å². The molecule has 4 heterocycles. The van der Waals surface area contributed by atoms with Gasteiger partial charge in [-0.3, -0.25) is 14.5 Å². The number of rotatable bonds is 4. The van der Waals surface area contributed by atoms with Crippen molar-refractivity contribution in [2.24, 2.45) is 7.05 Å². The summed E-state index contributed by atoms with van der Waals surface area (Å²) in [7, 11) is 1.86. The smallest absolute Gasteiger partial charge is 0.277 e. The van der Waals surface area contributed by atoms with Crippen LogP contribution < -0.4 is 10.2 Å². The van der Waals surface area contributed by atoms with Crippen LogP contribution in [0.4, 0.5) is 11.4 Å². The number of carbonyl (C=O) groups excluding carboxylic acids is 1. The Morgan fingerprint density at radius 1 is 1.19 bits per heavy atom. The molecule has 1 saturated heterocycles. The number of aliphatic hydroxyl groups excluding tert-OH is 1. The average Bonchev–Trinajstić information content (AvgIpc) is 3.48. The minimum Gasteiger partial charge on any atom is -0.444 e. The summed E-state index contributed by atoms with van der Waals surface area (Å²) in [4.78, 5) is 23.9. The maximum Gasteiger partial charge on any atom is 0.277 e. The van der Waals surface area contributed by atoms with Crippen molar-refractivity contribution < 1.29 is 14.3 Å². The highest BCUT2D eigenvalue weighted by atomic mass is 16.3. The maximum atomic E-state index is 13.0. The van der Waals surface area contributed by atoms with Crippen molar-refractivity contribution >= 4 is 28.2 Å². The van der Waals surface area contributed by atoms with Crippen molar-refractivity contribution in [1.82, 2.24) is 19.7 Å². The molecule has 5 rings (SSSR count). The molecule has 1 aliphatic rings. The Balaban J connectivity index is 1.47. The summed E-state index contributed by atoms with van der Waals surface area (Å²) in [5.74, 6) is -0.00117. The number of nitrogens with zero attached hydrogens (tertiary/aromatic N) is 5. The Kier molecular flexibility index (Phi) is 4.90. The van der Waals surface area contributed by atoms with Gasteiger partial charge < -0.3 is 19.7 Å². The third kappa shape index (κ3) is 3.71. The van der Waals surface area contributed by atoms with Crippen LogP contribution in [0.25, 0.3) is 22.4 Å². The predicted octanol–water partition coefficient (Wildman–Crippen LogP) is 3.06. The van der Waals surface area contributed by atoms with E-state index in [4.69, 9.17) is 4.42 Å². The molecular weight excluding hydrogens is 408 g/mol. The lowest BCUT2D eigenvalue weighted by molar-refractivity contribution is 0.102. The molecule has 2 N–H and O–H groups in total. The van der Waals surface area contributed by atoms with Crippen molar-refractivity contribution in [3.8, 4) is 11.5 Å². The van der Waals surface area contributed by atoms with Gasteiger partial charge in [-0.2, -0.15) is 5.10 Å². The second-order valence-electron chi connectivity index (χ2n) is 8.22. The van der Waals surface area contributed by atoms with E-state index in [2.05, 4.69) is 25.3 Å². The number of β-amino-alcohol motifs (C(OH)–C–C–N with tert-alkyl or cyclic N) is 1. The molecule has 0 saturated carbocycles. The van der Waals surface area contributed by atoms with Crippen LogP contribution in [0.2, 0.25) is 0 Å². The molecule has 9 heteroatoms. The zero-order valence-electron chi connectivity index (χ0n) is 18.2. The number of carbonyl (C=O) groups is 1. The number of pyridine rings is 1. The minimum atomic E-state index is -0.381. The summed E-state index contributed by atoms with van der Waals surface area (Å²) in [6.45, 7) is 5.03. The minimum absolute atomic E-state index is 0.185. The number of aryl methyl sites for hydroxylation is 3. The number of amides is 1. The topological polar surface area (TPSA) is 109 Å². The Morgan fingerprint density at radius 3 is 2.69 bits per heavy atom. The van der Waals surface area contributed by atoms with E-state index >= 15 is 0 Å². The summed E-state index contributed by atoms with van der Waals surface area (Å²) < 4.78 is 7.34. The zero-order chi connectivity index (χ0) is 22.4. The van der Waals surface area contributed by atoms with Gasteiger partial charge in [0.1, 0.15) is 6.26 Å². The van der Waals surface area contributed by atoms with Gasteiger partial charge >= 0.3 is 0 Å². The molecule has 1 atom stereocenters. The Hall–Kier alpha value is -3.72. The summed E-state index contributed by atoms with van der Waals surface area (Å²) in [6.07, 6.45) is 3.46. The van der Waals surface area contributed by atoms with Crippen molar-refractivity contribution in [3.05, 3.63) is 53.8 Å². The van der Waals surface area contributed by atoms with E-state index in [1.165, 1.54) is 6.26 Å². The van der Waals surface area contributed by atoms with E-state index in [0.717, 1.165) is 33.5 Å². The predicted molar refractivity (Wildman–Crippen MR) is 121 cm³/mol. The molecule has 1 aromatic carbocycles. The number of aliphatic hydroxyl groups is 1. The molecule has 164 valence electrons. The highest BCUT2D eigenvalue weighted by molar-refractivity contribution is 6.06. The number of benzene rings is 1. The normalized spacial score (nSPS) is 16.1. The van der Waals surface area contributed by atoms with Gasteiger partial charge in [-0.05, 0) is 44.5 Å². The third-order valence-electron chi connectivity index (χ3n) is 5.68. The first kappa shape index (κ1) is 20.2. The van der Waals surface area contributed by atoms with Crippen LogP contribution in [0, 0.1) is 13.8 Å². The van der Waals surface area contributed by atoms with E-state index in [0.29, 0.717) is 31.1 Å². The number of aromatic nitrogens is 4. The average molecular weight is 432 g/mol. The molecular formula is C23H24N6O3. The van der Waals surface area contributed by atoms with Crippen LogP contribution >= 0.6 is 0 Å². The molecule has 1 aliphatic heterocycles. The second-order valence-corrected chi connectivity index (χ2v) is 8.22. The van der Waals surface area contributed by atoms with Crippen LogP contribution in [-0.2, 0) is 7.05 Å². The lowest BCUT2D eigenvalue weighted by atomic mass is 10.1. The van der Waals surface area contributed by atoms with Gasteiger partial charge in [0.2, 0.25) is 5.89 Å². The first-order chi connectivity index (χ1) is 15.4. The molecule has 1 fully saturated rings. The maximum absolute atomic E-state index is 13.0. The number of anilines is 2. The molecule has 32 heavy (non-hydrogen) atoms. The van der Waals surface area contributed by atoms with Crippen molar-refractivity contribution in [1.29, 1.82) is 0 Å². The largest absolute Gasteiger partial charge is 0.444 e. The number of hydrogen-bond acceptors (Lipinski definition) is 7. The summed E-state index contributed by atoms with van der Waals surface area (Å²) in [5.41, 5.74) is 5.05.